The van der Waals surface area contributed by atoms with Gasteiger partial charge in [-0.25, -0.2) is 23.5 Å². The third-order valence-electron chi connectivity index (χ3n) is 5.12. The first kappa shape index (κ1) is 19.1. The molecule has 152 valence electrons. The number of carbonyl (C=O) groups is 1. The molecule has 0 bridgehead atoms. The highest BCUT2D eigenvalue weighted by atomic mass is 19.1. The minimum absolute atomic E-state index is 0.120. The lowest BCUT2D eigenvalue weighted by atomic mass is 10.3. The Morgan fingerprint density at radius 1 is 1.28 bits per heavy atom. The zero-order valence-corrected chi connectivity index (χ0v) is 16.2. The van der Waals surface area contributed by atoms with Crippen molar-refractivity contribution in [3.05, 3.63) is 57.2 Å². The second kappa shape index (κ2) is 7.31. The van der Waals surface area contributed by atoms with Gasteiger partial charge in [0, 0.05) is 6.54 Å². The van der Waals surface area contributed by atoms with E-state index in [0.717, 1.165) is 12.8 Å². The number of esters is 1. The van der Waals surface area contributed by atoms with Gasteiger partial charge in [-0.05, 0) is 56.9 Å². The first-order valence-corrected chi connectivity index (χ1v) is 9.57. The smallest absolute Gasteiger partial charge is 0.337 e. The van der Waals surface area contributed by atoms with E-state index < -0.39 is 29.1 Å². The fraction of sp³-hybridized carbons (Fsp3) is 0.400. The summed E-state index contributed by atoms with van der Waals surface area (Å²) in [7, 11) is 0. The summed E-state index contributed by atoms with van der Waals surface area (Å²) in [5, 5.41) is 0. The van der Waals surface area contributed by atoms with Gasteiger partial charge in [0.15, 0.2) is 11.2 Å². The molecular weight excluding hydrogens is 379 g/mol. The van der Waals surface area contributed by atoms with Crippen LogP contribution in [0, 0.1) is 11.7 Å². The van der Waals surface area contributed by atoms with Crippen molar-refractivity contribution in [3.8, 4) is 5.69 Å². The third-order valence-corrected chi connectivity index (χ3v) is 5.12. The Balaban J connectivity index is 1.99. The number of fused-ring (bicyclic) bond motifs is 1. The van der Waals surface area contributed by atoms with Crippen LogP contribution in [-0.4, -0.2) is 31.3 Å². The Kier molecular flexibility index (Phi) is 4.81. The molecule has 2 aromatic heterocycles. The summed E-state index contributed by atoms with van der Waals surface area (Å²) in [6, 6.07) is 4.59. The van der Waals surface area contributed by atoms with Crippen LogP contribution < -0.4 is 11.2 Å². The summed E-state index contributed by atoms with van der Waals surface area (Å²) in [5.41, 5.74) is -0.385. The van der Waals surface area contributed by atoms with Gasteiger partial charge >= 0.3 is 11.7 Å². The van der Waals surface area contributed by atoms with Crippen molar-refractivity contribution in [3.63, 3.8) is 0 Å². The van der Waals surface area contributed by atoms with Crippen LogP contribution in [0.25, 0.3) is 16.9 Å². The van der Waals surface area contributed by atoms with Gasteiger partial charge < -0.3 is 9.30 Å². The lowest BCUT2D eigenvalue weighted by Crippen LogP contribution is -2.41. The first-order valence-electron chi connectivity index (χ1n) is 9.57. The van der Waals surface area contributed by atoms with E-state index in [-0.39, 0.29) is 23.7 Å². The van der Waals surface area contributed by atoms with Crippen molar-refractivity contribution in [2.24, 2.45) is 5.92 Å². The van der Waals surface area contributed by atoms with E-state index in [0.29, 0.717) is 12.2 Å². The quantitative estimate of drug-likeness (QED) is 0.591. The Labute approximate surface area is 165 Å². The molecule has 0 radical (unpaired) electrons. The number of halogens is 1. The van der Waals surface area contributed by atoms with Crippen LogP contribution in [0.2, 0.25) is 0 Å². The maximum Gasteiger partial charge on any atom is 0.337 e. The summed E-state index contributed by atoms with van der Waals surface area (Å²) in [6.45, 7) is 3.82. The van der Waals surface area contributed by atoms with Gasteiger partial charge in [-0.15, -0.1) is 0 Å². The molecule has 0 amide bonds. The number of hydrogen-bond donors (Lipinski definition) is 0. The number of aromatic nitrogens is 4. The number of benzene rings is 1. The first-order chi connectivity index (χ1) is 13.9. The number of nitrogens with zero attached hydrogens (tertiary/aromatic N) is 4. The van der Waals surface area contributed by atoms with Crippen LogP contribution in [-0.2, 0) is 16.1 Å². The van der Waals surface area contributed by atoms with Gasteiger partial charge in [-0.3, -0.25) is 9.36 Å². The van der Waals surface area contributed by atoms with Gasteiger partial charge in [0.05, 0.1) is 18.6 Å². The van der Waals surface area contributed by atoms with Gasteiger partial charge in [-0.1, -0.05) is 0 Å². The molecule has 0 N–H and O–H groups in total. The summed E-state index contributed by atoms with van der Waals surface area (Å²) in [5.74, 6) is -0.663. The monoisotopic (exact) mass is 400 g/mol. The lowest BCUT2D eigenvalue weighted by molar-refractivity contribution is -0.146. The topological polar surface area (TPSA) is 88.1 Å². The molecule has 1 fully saturated rings. The van der Waals surface area contributed by atoms with E-state index in [1.165, 1.54) is 44.3 Å². The van der Waals surface area contributed by atoms with Crippen molar-refractivity contribution in [1.82, 2.24) is 18.7 Å². The van der Waals surface area contributed by atoms with Gasteiger partial charge in [0.25, 0.3) is 5.56 Å². The number of carbonyl (C=O) groups excluding carboxylic acids is 1. The molecule has 1 aromatic carbocycles. The van der Waals surface area contributed by atoms with E-state index in [4.69, 9.17) is 4.74 Å². The molecule has 1 aliphatic carbocycles. The van der Waals surface area contributed by atoms with Gasteiger partial charge in [0.1, 0.15) is 11.9 Å². The van der Waals surface area contributed by atoms with Crippen LogP contribution in [0.3, 0.4) is 0 Å². The second-order valence-corrected chi connectivity index (χ2v) is 7.21. The number of imidazole rings is 1. The maximum atomic E-state index is 13.4. The molecule has 0 aliphatic heterocycles. The molecule has 1 aliphatic rings. The highest BCUT2D eigenvalue weighted by molar-refractivity contribution is 5.79. The minimum Gasteiger partial charge on any atom is -0.464 e. The predicted octanol–water partition coefficient (Wildman–Crippen LogP) is 2.02. The average molecular weight is 400 g/mol. The molecule has 4 rings (SSSR count). The van der Waals surface area contributed by atoms with E-state index >= 15 is 0 Å². The molecule has 0 saturated heterocycles. The average Bonchev–Trinajstić information content (AvgIpc) is 3.42. The second-order valence-electron chi connectivity index (χ2n) is 7.21. The Bertz CT molecular complexity index is 1190. The summed E-state index contributed by atoms with van der Waals surface area (Å²) < 4.78 is 22.4. The largest absolute Gasteiger partial charge is 0.464 e. The summed E-state index contributed by atoms with van der Waals surface area (Å²) in [6.07, 6.45) is 3.27. The highest BCUT2D eigenvalue weighted by Crippen LogP contribution is 2.30. The Morgan fingerprint density at radius 3 is 2.59 bits per heavy atom. The molecule has 8 nitrogen and oxygen atoms in total. The number of rotatable bonds is 6. The van der Waals surface area contributed by atoms with Crippen LogP contribution in [0.15, 0.2) is 40.2 Å². The molecule has 1 unspecified atom stereocenters. The molecule has 9 heteroatoms. The third kappa shape index (κ3) is 3.37. The van der Waals surface area contributed by atoms with Crippen molar-refractivity contribution < 1.29 is 13.9 Å². The number of ether oxygens (including phenoxy) is 1. The van der Waals surface area contributed by atoms with Crippen molar-refractivity contribution in [2.75, 3.05) is 6.61 Å². The maximum absolute atomic E-state index is 13.4. The predicted molar refractivity (Wildman–Crippen MR) is 104 cm³/mol. The minimum atomic E-state index is -0.791. The summed E-state index contributed by atoms with van der Waals surface area (Å²) in [4.78, 5) is 42.8. The van der Waals surface area contributed by atoms with E-state index in [1.54, 1.807) is 13.8 Å². The molecule has 1 atom stereocenters. The standard InChI is InChI=1S/C20H21FN4O4/c1-3-29-19(27)12(2)24-11-22-17-16(24)18(26)23(10-13-4-5-13)20(28)25(17)15-8-6-14(21)7-9-15/h6-9,11-13H,3-5,10H2,1-2H3. The highest BCUT2D eigenvalue weighted by Gasteiger charge is 2.28. The van der Waals surface area contributed by atoms with Gasteiger partial charge in [0.2, 0.25) is 0 Å². The normalized spacial score (nSPS) is 14.9. The molecule has 1 saturated carbocycles. The SMILES string of the molecule is CCOC(=O)C(C)n1cnc2c1c(=O)n(CC1CC1)c(=O)n2-c1ccc(F)cc1. The van der Waals surface area contributed by atoms with Crippen molar-refractivity contribution >= 4 is 17.1 Å². The molecular formula is C20H21FN4O4. The van der Waals surface area contributed by atoms with E-state index in [2.05, 4.69) is 4.98 Å². The van der Waals surface area contributed by atoms with E-state index in [1.807, 2.05) is 0 Å². The van der Waals surface area contributed by atoms with Crippen LogP contribution in [0.5, 0.6) is 0 Å². The lowest BCUT2D eigenvalue weighted by Gasteiger charge is -2.15. The fourth-order valence-corrected chi connectivity index (χ4v) is 3.36. The molecule has 0 spiro atoms. The molecule has 2 heterocycles. The summed E-state index contributed by atoms with van der Waals surface area (Å²) >= 11 is 0. The zero-order valence-electron chi connectivity index (χ0n) is 16.2. The van der Waals surface area contributed by atoms with Crippen LogP contribution >= 0.6 is 0 Å². The molecule has 3 aromatic rings. The Morgan fingerprint density at radius 2 is 1.97 bits per heavy atom. The van der Waals surface area contributed by atoms with Crippen molar-refractivity contribution in [1.29, 1.82) is 0 Å². The van der Waals surface area contributed by atoms with Gasteiger partial charge in [-0.2, -0.15) is 0 Å². The number of hydrogen-bond acceptors (Lipinski definition) is 5. The van der Waals surface area contributed by atoms with Crippen molar-refractivity contribution in [2.45, 2.75) is 39.3 Å². The Hall–Kier alpha value is -3.23. The van der Waals surface area contributed by atoms with E-state index in [9.17, 15) is 18.8 Å². The zero-order chi connectivity index (χ0) is 20.7. The van der Waals surface area contributed by atoms with Crippen LogP contribution in [0.4, 0.5) is 4.39 Å². The van der Waals surface area contributed by atoms with Crippen LogP contribution in [0.1, 0.15) is 32.7 Å². The fourth-order valence-electron chi connectivity index (χ4n) is 3.36. The molecule has 29 heavy (non-hydrogen) atoms.